The first-order valence-corrected chi connectivity index (χ1v) is 6.89. The minimum atomic E-state index is -0.322. The van der Waals surface area contributed by atoms with E-state index in [1.807, 2.05) is 0 Å². The molecule has 1 heterocycles. The van der Waals surface area contributed by atoms with Crippen LogP contribution in [-0.4, -0.2) is 50.1 Å². The van der Waals surface area contributed by atoms with E-state index in [4.69, 9.17) is 0 Å². The van der Waals surface area contributed by atoms with Gasteiger partial charge in [0.1, 0.15) is 5.82 Å². The summed E-state index contributed by atoms with van der Waals surface area (Å²) < 4.78 is 13.3. The molecule has 2 rings (SSSR count). The Morgan fingerprint density at radius 3 is 2.64 bits per heavy atom. The van der Waals surface area contributed by atoms with Crippen molar-refractivity contribution in [2.24, 2.45) is 0 Å². The maximum atomic E-state index is 13.3. The molecule has 22 heavy (non-hydrogen) atoms. The molecule has 1 saturated heterocycles. The number of hydrogen-bond acceptors (Lipinski definition) is 3. The van der Waals surface area contributed by atoms with E-state index in [-0.39, 0.29) is 36.5 Å². The zero-order valence-corrected chi connectivity index (χ0v) is 13.9. The molecule has 0 bridgehead atoms. The number of halogens is 3. The summed E-state index contributed by atoms with van der Waals surface area (Å²) in [5, 5.41) is 6.09. The molecule has 0 aliphatic carbocycles. The first kappa shape index (κ1) is 20.9. The van der Waals surface area contributed by atoms with Gasteiger partial charge in [-0.3, -0.25) is 9.69 Å². The monoisotopic (exact) mass is 349 g/mol. The van der Waals surface area contributed by atoms with Crippen molar-refractivity contribution in [2.45, 2.75) is 0 Å². The zero-order valence-electron chi connectivity index (χ0n) is 12.3. The van der Waals surface area contributed by atoms with Crippen molar-refractivity contribution in [3.8, 4) is 0 Å². The Balaban J connectivity index is 0.00000220. The molecule has 4 nitrogen and oxygen atoms in total. The molecular weight excluding hydrogens is 328 g/mol. The molecule has 1 aromatic carbocycles. The second kappa shape index (κ2) is 11.4. The maximum Gasteiger partial charge on any atom is 0.244 e. The Morgan fingerprint density at radius 2 is 1.95 bits per heavy atom. The Labute approximate surface area is 143 Å². The van der Waals surface area contributed by atoms with Gasteiger partial charge in [0, 0.05) is 50.9 Å². The van der Waals surface area contributed by atoms with E-state index in [1.165, 1.54) is 18.2 Å². The Kier molecular flexibility index (Phi) is 10.8. The zero-order chi connectivity index (χ0) is 14.2. The number of piperazine rings is 1. The summed E-state index contributed by atoms with van der Waals surface area (Å²) in [5.41, 5.74) is 0.421. The summed E-state index contributed by atoms with van der Waals surface area (Å²) in [6.07, 6.45) is 2.87. The highest BCUT2D eigenvalue weighted by Crippen LogP contribution is 2.07. The first-order chi connectivity index (χ1) is 9.75. The van der Waals surface area contributed by atoms with Gasteiger partial charge in [-0.25, -0.2) is 4.39 Å². The van der Waals surface area contributed by atoms with Gasteiger partial charge in [0.25, 0.3) is 0 Å². The fourth-order valence-corrected chi connectivity index (χ4v) is 2.11. The number of nitrogens with one attached hydrogen (secondary N) is 2. The molecule has 0 aromatic heterocycles. The summed E-state index contributed by atoms with van der Waals surface area (Å²) in [4.78, 5) is 13.9. The number of carbonyl (C=O) groups excluding carboxylic acids is 1. The van der Waals surface area contributed by atoms with Gasteiger partial charge in [-0.1, -0.05) is 18.2 Å². The molecule has 1 aliphatic heterocycles. The Morgan fingerprint density at radius 1 is 1.27 bits per heavy atom. The third kappa shape index (κ3) is 7.22. The lowest BCUT2D eigenvalue weighted by atomic mass is 10.2. The van der Waals surface area contributed by atoms with Crippen LogP contribution in [0, 0.1) is 5.82 Å². The third-order valence-corrected chi connectivity index (χ3v) is 3.26. The quantitative estimate of drug-likeness (QED) is 0.795. The first-order valence-electron chi connectivity index (χ1n) is 6.89. The van der Waals surface area contributed by atoms with Gasteiger partial charge in [0.05, 0.1) is 0 Å². The van der Waals surface area contributed by atoms with Crippen LogP contribution in [0.15, 0.2) is 30.3 Å². The minimum absolute atomic E-state index is 0. The summed E-state index contributed by atoms with van der Waals surface area (Å²) in [6, 6.07) is 6.38. The second-order valence-electron chi connectivity index (χ2n) is 4.74. The number of nitrogens with zero attached hydrogens (tertiary/aromatic N) is 1. The van der Waals surface area contributed by atoms with Crippen molar-refractivity contribution in [3.05, 3.63) is 41.7 Å². The van der Waals surface area contributed by atoms with Crippen molar-refractivity contribution < 1.29 is 9.18 Å². The van der Waals surface area contributed by atoms with Crippen molar-refractivity contribution in [1.29, 1.82) is 0 Å². The maximum absolute atomic E-state index is 13.3. The van der Waals surface area contributed by atoms with E-state index in [0.717, 1.165) is 32.7 Å². The van der Waals surface area contributed by atoms with Crippen LogP contribution in [0.25, 0.3) is 6.08 Å². The highest BCUT2D eigenvalue weighted by atomic mass is 35.5. The predicted molar refractivity (Wildman–Crippen MR) is 92.2 cm³/mol. The molecular formula is C15H22Cl2FN3O. The summed E-state index contributed by atoms with van der Waals surface area (Å²) in [6.45, 7) is 5.49. The van der Waals surface area contributed by atoms with E-state index in [1.54, 1.807) is 18.2 Å². The van der Waals surface area contributed by atoms with Gasteiger partial charge in [-0.2, -0.15) is 0 Å². The summed E-state index contributed by atoms with van der Waals surface area (Å²) in [7, 11) is 0. The van der Waals surface area contributed by atoms with Crippen molar-refractivity contribution >= 4 is 36.8 Å². The van der Waals surface area contributed by atoms with Gasteiger partial charge < -0.3 is 10.6 Å². The van der Waals surface area contributed by atoms with E-state index in [0.29, 0.717) is 12.1 Å². The van der Waals surface area contributed by atoms with E-state index < -0.39 is 0 Å². The number of benzene rings is 1. The number of rotatable bonds is 5. The average molecular weight is 350 g/mol. The predicted octanol–water partition coefficient (Wildman–Crippen LogP) is 1.70. The minimum Gasteiger partial charge on any atom is -0.351 e. The normalized spacial score (nSPS) is 15.0. The van der Waals surface area contributed by atoms with Crippen LogP contribution in [-0.2, 0) is 4.79 Å². The van der Waals surface area contributed by atoms with Crippen LogP contribution in [0.3, 0.4) is 0 Å². The van der Waals surface area contributed by atoms with Crippen LogP contribution in [0.4, 0.5) is 4.39 Å². The molecule has 1 aliphatic rings. The van der Waals surface area contributed by atoms with Gasteiger partial charge in [0.2, 0.25) is 5.91 Å². The van der Waals surface area contributed by atoms with E-state index in [9.17, 15) is 9.18 Å². The van der Waals surface area contributed by atoms with Gasteiger partial charge in [-0.05, 0) is 12.1 Å². The third-order valence-electron chi connectivity index (χ3n) is 3.26. The Hall–Kier alpha value is -1.14. The SMILES string of the molecule is Cl.Cl.O=C(C=Cc1ccccc1F)NCCN1CCNCC1. The van der Waals surface area contributed by atoms with Gasteiger partial charge >= 0.3 is 0 Å². The highest BCUT2D eigenvalue weighted by Gasteiger charge is 2.08. The molecule has 1 amide bonds. The van der Waals surface area contributed by atoms with Crippen molar-refractivity contribution in [3.63, 3.8) is 0 Å². The molecule has 124 valence electrons. The molecule has 1 aromatic rings. The molecule has 0 saturated carbocycles. The molecule has 1 fully saturated rings. The second-order valence-corrected chi connectivity index (χ2v) is 4.74. The van der Waals surface area contributed by atoms with Crippen molar-refractivity contribution in [1.82, 2.24) is 15.5 Å². The summed E-state index contributed by atoms with van der Waals surface area (Å²) in [5.74, 6) is -0.513. The topological polar surface area (TPSA) is 44.4 Å². The van der Waals surface area contributed by atoms with Crippen LogP contribution < -0.4 is 10.6 Å². The lowest BCUT2D eigenvalue weighted by molar-refractivity contribution is -0.116. The van der Waals surface area contributed by atoms with Crippen LogP contribution in [0.1, 0.15) is 5.56 Å². The summed E-state index contributed by atoms with van der Waals surface area (Å²) >= 11 is 0. The van der Waals surface area contributed by atoms with Crippen LogP contribution >= 0.6 is 24.8 Å². The van der Waals surface area contributed by atoms with Crippen molar-refractivity contribution in [2.75, 3.05) is 39.3 Å². The number of amides is 1. The number of carbonyl (C=O) groups is 1. The fourth-order valence-electron chi connectivity index (χ4n) is 2.11. The Bertz CT molecular complexity index is 480. The smallest absolute Gasteiger partial charge is 0.244 e. The van der Waals surface area contributed by atoms with Gasteiger partial charge in [0.15, 0.2) is 0 Å². The standard InChI is InChI=1S/C15H20FN3O.2ClH/c16-14-4-2-1-3-13(14)5-6-15(20)18-9-12-19-10-7-17-8-11-19;;/h1-6,17H,7-12H2,(H,18,20);2*1H. The fraction of sp³-hybridized carbons (Fsp3) is 0.400. The van der Waals surface area contributed by atoms with Crippen LogP contribution in [0.2, 0.25) is 0 Å². The van der Waals surface area contributed by atoms with E-state index in [2.05, 4.69) is 15.5 Å². The van der Waals surface area contributed by atoms with Gasteiger partial charge in [-0.15, -0.1) is 24.8 Å². The molecule has 0 atom stereocenters. The highest BCUT2D eigenvalue weighted by molar-refractivity contribution is 5.91. The lowest BCUT2D eigenvalue weighted by Crippen LogP contribution is -2.46. The number of hydrogen-bond donors (Lipinski definition) is 2. The average Bonchev–Trinajstić information content (AvgIpc) is 2.47. The molecule has 0 spiro atoms. The molecule has 0 radical (unpaired) electrons. The largest absolute Gasteiger partial charge is 0.351 e. The lowest BCUT2D eigenvalue weighted by Gasteiger charge is -2.26. The molecule has 2 N–H and O–H groups in total. The van der Waals surface area contributed by atoms with E-state index >= 15 is 0 Å². The molecule has 0 unspecified atom stereocenters. The van der Waals surface area contributed by atoms with Crippen LogP contribution in [0.5, 0.6) is 0 Å². The molecule has 7 heteroatoms.